The molecule has 0 saturated carbocycles. The fraction of sp³-hybridized carbons (Fsp3) is 0.280. The number of aryl methyl sites for hydroxylation is 1. The van der Waals surface area contributed by atoms with Crippen molar-refractivity contribution in [2.45, 2.75) is 33.1 Å². The molecule has 7 heteroatoms. The molecule has 0 radical (unpaired) electrons. The lowest BCUT2D eigenvalue weighted by molar-refractivity contribution is -0.118. The number of benzene rings is 2. The van der Waals surface area contributed by atoms with Crippen molar-refractivity contribution in [3.05, 3.63) is 69.6 Å². The van der Waals surface area contributed by atoms with Gasteiger partial charge in [-0.25, -0.2) is 4.79 Å². The zero-order chi connectivity index (χ0) is 23.5. The Morgan fingerprint density at radius 1 is 1.09 bits per heavy atom. The fourth-order valence-electron chi connectivity index (χ4n) is 3.44. The van der Waals surface area contributed by atoms with Crippen molar-refractivity contribution < 1.29 is 19.1 Å². The maximum atomic E-state index is 12.7. The molecule has 3 rings (SSSR count). The number of rotatable bonds is 6. The van der Waals surface area contributed by atoms with Crippen LogP contribution in [0.2, 0.25) is 5.02 Å². The predicted molar refractivity (Wildman–Crippen MR) is 130 cm³/mol. The number of esters is 1. The molecule has 168 valence electrons. The van der Waals surface area contributed by atoms with Crippen LogP contribution in [0.5, 0.6) is 5.75 Å². The number of hydrogen-bond acceptors (Lipinski definition) is 5. The molecule has 1 amide bonds. The van der Waals surface area contributed by atoms with E-state index in [1.165, 1.54) is 18.4 Å². The summed E-state index contributed by atoms with van der Waals surface area (Å²) in [6, 6.07) is 14.9. The minimum absolute atomic E-state index is 0.123. The molecule has 0 atom stereocenters. The lowest BCUT2D eigenvalue weighted by Gasteiger charge is -2.22. The number of para-hydroxylation sites is 1. The van der Waals surface area contributed by atoms with Gasteiger partial charge in [0.2, 0.25) is 0 Å². The molecule has 0 saturated heterocycles. The van der Waals surface area contributed by atoms with Crippen LogP contribution in [0.4, 0.5) is 5.00 Å². The van der Waals surface area contributed by atoms with Gasteiger partial charge in [0, 0.05) is 15.5 Å². The van der Waals surface area contributed by atoms with Crippen molar-refractivity contribution in [2.75, 3.05) is 19.0 Å². The summed E-state index contributed by atoms with van der Waals surface area (Å²) in [5.41, 5.74) is 2.67. The largest absolute Gasteiger partial charge is 0.483 e. The molecule has 1 aromatic heterocycles. The zero-order valence-corrected chi connectivity index (χ0v) is 20.3. The van der Waals surface area contributed by atoms with Crippen molar-refractivity contribution in [3.63, 3.8) is 0 Å². The van der Waals surface area contributed by atoms with Crippen LogP contribution in [0.1, 0.15) is 41.6 Å². The Balaban J connectivity index is 1.86. The second-order valence-corrected chi connectivity index (χ2v) is 9.98. The van der Waals surface area contributed by atoms with Crippen LogP contribution in [-0.2, 0) is 14.9 Å². The van der Waals surface area contributed by atoms with Crippen LogP contribution < -0.4 is 10.1 Å². The van der Waals surface area contributed by atoms with Gasteiger partial charge in [0.05, 0.1) is 7.11 Å². The van der Waals surface area contributed by atoms with Gasteiger partial charge < -0.3 is 14.8 Å². The molecule has 5 nitrogen and oxygen atoms in total. The third-order valence-electron chi connectivity index (χ3n) is 4.89. The third kappa shape index (κ3) is 5.31. The first-order valence-corrected chi connectivity index (χ1v) is 11.3. The van der Waals surface area contributed by atoms with Gasteiger partial charge in [-0.3, -0.25) is 4.79 Å². The average Bonchev–Trinajstić information content (AvgIpc) is 3.06. The first-order valence-electron chi connectivity index (χ1n) is 10.1. The number of thiophene rings is 1. The molecular formula is C25H26ClNO4S. The topological polar surface area (TPSA) is 64.6 Å². The number of hydrogen-bond donors (Lipinski definition) is 1. The Bertz CT molecular complexity index is 1150. The van der Waals surface area contributed by atoms with E-state index in [1.807, 2.05) is 43.3 Å². The molecule has 0 unspecified atom stereocenters. The molecule has 0 aliphatic carbocycles. The molecule has 0 spiro atoms. The van der Waals surface area contributed by atoms with Crippen molar-refractivity contribution in [1.82, 2.24) is 0 Å². The van der Waals surface area contributed by atoms with E-state index in [-0.39, 0.29) is 17.9 Å². The van der Waals surface area contributed by atoms with Crippen molar-refractivity contribution in [1.29, 1.82) is 0 Å². The van der Waals surface area contributed by atoms with Gasteiger partial charge in [0.1, 0.15) is 16.3 Å². The Labute approximate surface area is 197 Å². The van der Waals surface area contributed by atoms with Gasteiger partial charge in [-0.1, -0.05) is 62.7 Å². The van der Waals surface area contributed by atoms with Gasteiger partial charge >= 0.3 is 5.97 Å². The summed E-state index contributed by atoms with van der Waals surface area (Å²) in [5.74, 6) is -0.235. The minimum Gasteiger partial charge on any atom is -0.483 e. The molecule has 2 aromatic carbocycles. The van der Waals surface area contributed by atoms with E-state index < -0.39 is 5.97 Å². The Hall–Kier alpha value is -2.83. The van der Waals surface area contributed by atoms with Gasteiger partial charge in [0.15, 0.2) is 6.61 Å². The molecule has 0 bridgehead atoms. The molecule has 32 heavy (non-hydrogen) atoms. The predicted octanol–water partition coefficient (Wildman–Crippen LogP) is 6.48. The van der Waals surface area contributed by atoms with Crippen molar-refractivity contribution in [2.24, 2.45) is 0 Å². The molecule has 1 N–H and O–H groups in total. The zero-order valence-electron chi connectivity index (χ0n) is 18.7. The summed E-state index contributed by atoms with van der Waals surface area (Å²) >= 11 is 7.46. The molecule has 1 heterocycles. The van der Waals surface area contributed by atoms with Crippen molar-refractivity contribution in [3.8, 4) is 16.9 Å². The van der Waals surface area contributed by atoms with E-state index in [4.69, 9.17) is 21.1 Å². The van der Waals surface area contributed by atoms with E-state index in [0.29, 0.717) is 26.9 Å². The number of methoxy groups -OCH3 is 1. The lowest BCUT2D eigenvalue weighted by atomic mass is 9.86. The van der Waals surface area contributed by atoms with Crippen molar-refractivity contribution >= 4 is 39.8 Å². The average molecular weight is 472 g/mol. The lowest BCUT2D eigenvalue weighted by Crippen LogP contribution is -2.22. The van der Waals surface area contributed by atoms with Gasteiger partial charge in [0.25, 0.3) is 5.91 Å². The highest BCUT2D eigenvalue weighted by Gasteiger charge is 2.25. The third-order valence-corrected chi connectivity index (χ3v) is 6.15. The quantitative estimate of drug-likeness (QED) is 0.418. The second kappa shape index (κ2) is 9.76. The highest BCUT2D eigenvalue weighted by molar-refractivity contribution is 7.17. The standard InChI is InChI=1S/C25H26ClNO4S/c1-15-21(16-9-8-10-17(26)13-16)22(24(29)30-5)23(32-15)27-20(28)14-31-19-12-7-6-11-18(19)25(2,3)4/h6-13H,14H2,1-5H3,(H,27,28). The maximum Gasteiger partial charge on any atom is 0.341 e. The SMILES string of the molecule is COC(=O)c1c(NC(=O)COc2ccccc2C(C)(C)C)sc(C)c1-c1cccc(Cl)c1. The summed E-state index contributed by atoms with van der Waals surface area (Å²) in [7, 11) is 1.31. The minimum atomic E-state index is -0.529. The molecule has 0 fully saturated rings. The second-order valence-electron chi connectivity index (χ2n) is 8.32. The Morgan fingerprint density at radius 3 is 2.47 bits per heavy atom. The fourth-order valence-corrected chi connectivity index (χ4v) is 4.71. The highest BCUT2D eigenvalue weighted by atomic mass is 35.5. The number of amides is 1. The van der Waals surface area contributed by atoms with E-state index >= 15 is 0 Å². The summed E-state index contributed by atoms with van der Waals surface area (Å²) < 4.78 is 10.8. The van der Waals surface area contributed by atoms with Crippen LogP contribution >= 0.6 is 22.9 Å². The number of ether oxygens (including phenoxy) is 2. The summed E-state index contributed by atoms with van der Waals surface area (Å²) in [6.45, 7) is 7.97. The molecule has 0 aliphatic heterocycles. The summed E-state index contributed by atoms with van der Waals surface area (Å²) in [6.07, 6.45) is 0. The molecule has 3 aromatic rings. The number of halogens is 1. The van der Waals surface area contributed by atoms with Crippen LogP contribution in [-0.4, -0.2) is 25.6 Å². The first kappa shape index (κ1) is 23.8. The smallest absolute Gasteiger partial charge is 0.341 e. The Kier molecular flexibility index (Phi) is 7.26. The molecule has 0 aliphatic rings. The Morgan fingerprint density at radius 2 is 1.81 bits per heavy atom. The van der Waals surface area contributed by atoms with E-state index in [1.54, 1.807) is 12.1 Å². The number of carbonyl (C=O) groups excluding carboxylic acids is 2. The van der Waals surface area contributed by atoms with E-state index in [9.17, 15) is 9.59 Å². The normalized spacial score (nSPS) is 11.2. The van der Waals surface area contributed by atoms with Crippen LogP contribution in [0.25, 0.3) is 11.1 Å². The monoisotopic (exact) mass is 471 g/mol. The summed E-state index contributed by atoms with van der Waals surface area (Å²) in [5, 5.41) is 3.80. The van der Waals surface area contributed by atoms with Gasteiger partial charge in [-0.15, -0.1) is 11.3 Å². The number of nitrogens with one attached hydrogen (secondary N) is 1. The summed E-state index contributed by atoms with van der Waals surface area (Å²) in [4.78, 5) is 26.2. The number of anilines is 1. The highest BCUT2D eigenvalue weighted by Crippen LogP contribution is 2.41. The van der Waals surface area contributed by atoms with Crippen LogP contribution in [0, 0.1) is 6.92 Å². The number of carbonyl (C=O) groups is 2. The van der Waals surface area contributed by atoms with Gasteiger partial charge in [-0.2, -0.15) is 0 Å². The van der Waals surface area contributed by atoms with E-state index in [0.717, 1.165) is 16.0 Å². The molecular weight excluding hydrogens is 446 g/mol. The first-order chi connectivity index (χ1) is 15.1. The maximum absolute atomic E-state index is 12.7. The van der Waals surface area contributed by atoms with Crippen LogP contribution in [0.3, 0.4) is 0 Å². The van der Waals surface area contributed by atoms with Crippen LogP contribution in [0.15, 0.2) is 48.5 Å². The van der Waals surface area contributed by atoms with E-state index in [2.05, 4.69) is 26.1 Å². The van der Waals surface area contributed by atoms with Gasteiger partial charge in [-0.05, 0) is 41.7 Å².